The summed E-state index contributed by atoms with van der Waals surface area (Å²) in [5.74, 6) is 0. The zero-order valence-electron chi connectivity index (χ0n) is 5.04. The molecule has 0 spiro atoms. The molecule has 4 N–H and O–H groups in total. The van der Waals surface area contributed by atoms with Gasteiger partial charge >= 0.3 is 0 Å². The molecule has 0 heterocycles. The first-order chi connectivity index (χ1) is 4.16. The Morgan fingerprint density at radius 2 is 2.22 bits per heavy atom. The number of aliphatic hydroxyl groups is 2. The third-order valence-corrected chi connectivity index (χ3v) is 1.67. The van der Waals surface area contributed by atoms with Crippen LogP contribution in [0.4, 0.5) is 0 Å². The van der Waals surface area contributed by atoms with E-state index in [-0.39, 0.29) is 6.42 Å². The molecule has 1 fully saturated rings. The van der Waals surface area contributed by atoms with Gasteiger partial charge in [0.25, 0.3) is 0 Å². The van der Waals surface area contributed by atoms with Gasteiger partial charge in [-0.15, -0.1) is 0 Å². The first kappa shape index (κ1) is 6.95. The Morgan fingerprint density at radius 1 is 1.56 bits per heavy atom. The van der Waals surface area contributed by atoms with Gasteiger partial charge in [-0.1, -0.05) is 0 Å². The number of aliphatic hydroxyl groups excluding tert-OH is 1. The first-order valence-corrected chi connectivity index (χ1v) is 2.98. The average molecular weight is 133 g/mol. The highest BCUT2D eigenvalue weighted by molar-refractivity contribution is 4.84. The van der Waals surface area contributed by atoms with Crippen LogP contribution in [0.2, 0.25) is 0 Å². The molecule has 0 aromatic rings. The van der Waals surface area contributed by atoms with Crippen LogP contribution in [-0.4, -0.2) is 27.2 Å². The van der Waals surface area contributed by atoms with Gasteiger partial charge in [0.2, 0.25) is 0 Å². The zero-order valence-corrected chi connectivity index (χ0v) is 5.04. The standard InChI is InChI=1S/C5H11NO3/c7-4-1-2-5(8,3-4)6-9/h4,6-9H,1-3H2. The highest BCUT2D eigenvalue weighted by Gasteiger charge is 2.35. The van der Waals surface area contributed by atoms with Gasteiger partial charge < -0.3 is 15.4 Å². The molecule has 2 unspecified atom stereocenters. The summed E-state index contributed by atoms with van der Waals surface area (Å²) in [6.45, 7) is 0. The molecule has 9 heavy (non-hydrogen) atoms. The van der Waals surface area contributed by atoms with Gasteiger partial charge in [0.15, 0.2) is 0 Å². The number of hydrogen-bond acceptors (Lipinski definition) is 4. The molecule has 0 aliphatic heterocycles. The molecular formula is C5H11NO3. The van der Waals surface area contributed by atoms with Crippen LogP contribution in [0.5, 0.6) is 0 Å². The second-order valence-corrected chi connectivity index (χ2v) is 2.54. The Hall–Kier alpha value is -0.160. The minimum absolute atomic E-state index is 0.212. The van der Waals surface area contributed by atoms with Crippen LogP contribution >= 0.6 is 0 Å². The highest BCUT2D eigenvalue weighted by Crippen LogP contribution is 2.26. The summed E-state index contributed by atoms with van der Waals surface area (Å²) in [4.78, 5) is 0. The van der Waals surface area contributed by atoms with Crippen molar-refractivity contribution in [2.75, 3.05) is 0 Å². The maximum absolute atomic E-state index is 9.15. The third-order valence-electron chi connectivity index (χ3n) is 1.67. The average Bonchev–Trinajstić information content (AvgIpc) is 2.13. The molecule has 0 amide bonds. The molecule has 1 saturated carbocycles. The van der Waals surface area contributed by atoms with Crippen molar-refractivity contribution in [2.45, 2.75) is 31.1 Å². The lowest BCUT2D eigenvalue weighted by Gasteiger charge is -2.18. The van der Waals surface area contributed by atoms with E-state index in [9.17, 15) is 0 Å². The maximum atomic E-state index is 9.15. The SMILES string of the molecule is ONC1(O)CCC(O)C1. The summed E-state index contributed by atoms with van der Waals surface area (Å²) in [6.07, 6.45) is 0.688. The van der Waals surface area contributed by atoms with Crippen molar-refractivity contribution < 1.29 is 15.4 Å². The van der Waals surface area contributed by atoms with E-state index in [1.54, 1.807) is 5.48 Å². The van der Waals surface area contributed by atoms with Crippen molar-refractivity contribution in [3.63, 3.8) is 0 Å². The van der Waals surface area contributed by atoms with Crippen LogP contribution in [0.25, 0.3) is 0 Å². The number of nitrogens with one attached hydrogen (secondary N) is 1. The van der Waals surface area contributed by atoms with Crippen LogP contribution in [0.3, 0.4) is 0 Å². The summed E-state index contributed by atoms with van der Waals surface area (Å²) in [5, 5.41) is 26.4. The Labute approximate surface area is 53.1 Å². The summed E-state index contributed by atoms with van der Waals surface area (Å²) in [5.41, 5.74) is 0.530. The third kappa shape index (κ3) is 1.40. The van der Waals surface area contributed by atoms with E-state index in [2.05, 4.69) is 0 Å². The Bertz CT molecular complexity index is 108. The van der Waals surface area contributed by atoms with Gasteiger partial charge in [-0.25, -0.2) is 0 Å². The van der Waals surface area contributed by atoms with Crippen LogP contribution in [0.1, 0.15) is 19.3 Å². The van der Waals surface area contributed by atoms with Gasteiger partial charge in [-0.05, 0) is 12.8 Å². The zero-order chi connectivity index (χ0) is 6.91. The van der Waals surface area contributed by atoms with E-state index < -0.39 is 11.8 Å². The highest BCUT2D eigenvalue weighted by atomic mass is 16.5. The fourth-order valence-corrected chi connectivity index (χ4v) is 1.10. The van der Waals surface area contributed by atoms with Crippen LogP contribution in [0, 0.1) is 0 Å². The summed E-state index contributed by atoms with van der Waals surface area (Å²) >= 11 is 0. The molecule has 0 saturated heterocycles. The van der Waals surface area contributed by atoms with E-state index in [0.29, 0.717) is 12.8 Å². The van der Waals surface area contributed by atoms with E-state index in [4.69, 9.17) is 15.4 Å². The van der Waals surface area contributed by atoms with Gasteiger partial charge in [0.1, 0.15) is 5.72 Å². The van der Waals surface area contributed by atoms with Gasteiger partial charge in [0, 0.05) is 6.42 Å². The summed E-state index contributed by atoms with van der Waals surface area (Å²) in [7, 11) is 0. The molecule has 0 radical (unpaired) electrons. The lowest BCUT2D eigenvalue weighted by Crippen LogP contribution is -2.40. The van der Waals surface area contributed by atoms with E-state index >= 15 is 0 Å². The normalized spacial score (nSPS) is 43.7. The number of hydroxylamine groups is 1. The van der Waals surface area contributed by atoms with Crippen molar-refractivity contribution in [2.24, 2.45) is 0 Å². The van der Waals surface area contributed by atoms with Crippen molar-refractivity contribution in [3.8, 4) is 0 Å². The molecular weight excluding hydrogens is 122 g/mol. The fourth-order valence-electron chi connectivity index (χ4n) is 1.10. The van der Waals surface area contributed by atoms with Gasteiger partial charge in [-0.3, -0.25) is 0 Å². The Kier molecular flexibility index (Phi) is 1.72. The van der Waals surface area contributed by atoms with Crippen molar-refractivity contribution in [3.05, 3.63) is 0 Å². The predicted octanol–water partition coefficient (Wildman–Crippen LogP) is -0.801. The minimum atomic E-state index is -1.24. The second-order valence-electron chi connectivity index (χ2n) is 2.54. The van der Waals surface area contributed by atoms with E-state index in [1.807, 2.05) is 0 Å². The topological polar surface area (TPSA) is 72.7 Å². The molecule has 1 rings (SSSR count). The largest absolute Gasteiger partial charge is 0.393 e. The molecule has 1 aliphatic rings. The van der Waals surface area contributed by atoms with Gasteiger partial charge in [-0.2, -0.15) is 5.48 Å². The molecule has 4 heteroatoms. The predicted molar refractivity (Wildman–Crippen MR) is 29.7 cm³/mol. The quantitative estimate of drug-likeness (QED) is 0.279. The number of rotatable bonds is 1. The van der Waals surface area contributed by atoms with Crippen LogP contribution in [0.15, 0.2) is 0 Å². The molecule has 4 nitrogen and oxygen atoms in total. The summed E-state index contributed by atoms with van der Waals surface area (Å²) in [6, 6.07) is 0. The first-order valence-electron chi connectivity index (χ1n) is 2.98. The second kappa shape index (κ2) is 2.22. The van der Waals surface area contributed by atoms with Crippen LogP contribution < -0.4 is 5.48 Å². The monoisotopic (exact) mass is 133 g/mol. The van der Waals surface area contributed by atoms with Crippen molar-refractivity contribution >= 4 is 0 Å². The van der Waals surface area contributed by atoms with E-state index in [0.717, 1.165) is 0 Å². The number of hydrogen-bond donors (Lipinski definition) is 4. The molecule has 54 valence electrons. The van der Waals surface area contributed by atoms with Crippen molar-refractivity contribution in [1.29, 1.82) is 0 Å². The van der Waals surface area contributed by atoms with E-state index in [1.165, 1.54) is 0 Å². The maximum Gasteiger partial charge on any atom is 0.140 e. The van der Waals surface area contributed by atoms with Crippen molar-refractivity contribution in [1.82, 2.24) is 5.48 Å². The lowest BCUT2D eigenvalue weighted by molar-refractivity contribution is -0.0932. The molecule has 0 bridgehead atoms. The smallest absolute Gasteiger partial charge is 0.140 e. The fraction of sp³-hybridized carbons (Fsp3) is 1.00. The molecule has 0 aromatic carbocycles. The summed E-state index contributed by atoms with van der Waals surface area (Å²) < 4.78 is 0. The molecule has 1 aliphatic carbocycles. The molecule has 0 aromatic heterocycles. The molecule has 2 atom stereocenters. The lowest BCUT2D eigenvalue weighted by atomic mass is 10.2. The Balaban J connectivity index is 2.45. The van der Waals surface area contributed by atoms with Crippen LogP contribution in [-0.2, 0) is 0 Å². The Morgan fingerprint density at radius 3 is 2.44 bits per heavy atom. The minimum Gasteiger partial charge on any atom is -0.393 e. The van der Waals surface area contributed by atoms with Gasteiger partial charge in [0.05, 0.1) is 6.10 Å².